The molecule has 0 radical (unpaired) electrons. The van der Waals surface area contributed by atoms with Gasteiger partial charge in [-0.3, -0.25) is 0 Å². The third-order valence-corrected chi connectivity index (χ3v) is 6.37. The Morgan fingerprint density at radius 3 is 2.83 bits per heavy atom. The van der Waals surface area contributed by atoms with Gasteiger partial charge in [-0.25, -0.2) is 0 Å². The Labute approximate surface area is 145 Å². The first-order valence-corrected chi connectivity index (χ1v) is 9.22. The molecular formula is C20H30N2O2. The molecule has 0 heterocycles. The van der Waals surface area contributed by atoms with E-state index in [1.165, 1.54) is 5.56 Å². The molecule has 4 heteroatoms. The Balaban J connectivity index is 1.67. The van der Waals surface area contributed by atoms with E-state index in [-0.39, 0.29) is 11.3 Å². The van der Waals surface area contributed by atoms with Crippen LogP contribution in [-0.4, -0.2) is 30.1 Å². The maximum atomic E-state index is 11.4. The minimum atomic E-state index is -0.598. The average molecular weight is 330 g/mol. The maximum Gasteiger partial charge on any atom is 0.118 e. The topological polar surface area (TPSA) is 67.8 Å². The second kappa shape index (κ2) is 7.24. The number of fused-ring (bicyclic) bond motifs is 1. The van der Waals surface area contributed by atoms with Crippen LogP contribution in [0.2, 0.25) is 0 Å². The highest BCUT2D eigenvalue weighted by Gasteiger charge is 2.58. The van der Waals surface area contributed by atoms with Crippen LogP contribution >= 0.6 is 0 Å². The molecular weight excluding hydrogens is 300 g/mol. The zero-order valence-electron chi connectivity index (χ0n) is 14.7. The van der Waals surface area contributed by atoms with Gasteiger partial charge in [-0.1, -0.05) is 42.4 Å². The van der Waals surface area contributed by atoms with Crippen LogP contribution in [0.3, 0.4) is 0 Å². The summed E-state index contributed by atoms with van der Waals surface area (Å²) in [7, 11) is 0. The van der Waals surface area contributed by atoms with Crippen molar-refractivity contribution >= 4 is 6.21 Å². The third-order valence-electron chi connectivity index (χ3n) is 6.37. The van der Waals surface area contributed by atoms with Gasteiger partial charge < -0.3 is 15.7 Å². The zero-order valence-corrected chi connectivity index (χ0v) is 14.7. The molecule has 4 atom stereocenters. The van der Waals surface area contributed by atoms with Gasteiger partial charge in [0, 0.05) is 17.5 Å². The highest BCUT2D eigenvalue weighted by atomic mass is 16.6. The average Bonchev–Trinajstić information content (AvgIpc) is 2.86. The normalized spacial score (nSPS) is 36.0. The van der Waals surface area contributed by atoms with Gasteiger partial charge in [-0.2, -0.15) is 0 Å². The molecule has 4 unspecified atom stereocenters. The first-order valence-electron chi connectivity index (χ1n) is 9.22. The van der Waals surface area contributed by atoms with E-state index in [1.54, 1.807) is 0 Å². The van der Waals surface area contributed by atoms with Crippen LogP contribution in [0.5, 0.6) is 0 Å². The lowest BCUT2D eigenvalue weighted by atomic mass is 9.59. The summed E-state index contributed by atoms with van der Waals surface area (Å²) in [5.41, 5.74) is 6.12. The highest BCUT2D eigenvalue weighted by molar-refractivity contribution is 5.62. The van der Waals surface area contributed by atoms with E-state index in [9.17, 15) is 5.11 Å². The number of nitrogens with two attached hydrogens (primary N) is 1. The van der Waals surface area contributed by atoms with Crippen LogP contribution in [0.25, 0.3) is 0 Å². The molecule has 0 saturated heterocycles. The van der Waals surface area contributed by atoms with Crippen molar-refractivity contribution in [2.24, 2.45) is 22.2 Å². The highest BCUT2D eigenvalue weighted by Crippen LogP contribution is 2.60. The van der Waals surface area contributed by atoms with Crippen molar-refractivity contribution in [3.63, 3.8) is 0 Å². The number of nitrogens with zero attached hydrogens (tertiary/aromatic N) is 1. The van der Waals surface area contributed by atoms with E-state index in [4.69, 9.17) is 10.6 Å². The number of oxime groups is 1. The molecule has 24 heavy (non-hydrogen) atoms. The van der Waals surface area contributed by atoms with Crippen molar-refractivity contribution in [1.82, 2.24) is 0 Å². The Kier molecular flexibility index (Phi) is 5.26. The van der Waals surface area contributed by atoms with E-state index in [0.717, 1.165) is 38.5 Å². The molecule has 132 valence electrons. The van der Waals surface area contributed by atoms with Gasteiger partial charge in [0.05, 0.1) is 5.60 Å². The largest absolute Gasteiger partial charge is 0.396 e. The Bertz CT molecular complexity index is 562. The van der Waals surface area contributed by atoms with Crippen LogP contribution < -0.4 is 5.73 Å². The zero-order chi connectivity index (χ0) is 17.0. The molecule has 0 aliphatic heterocycles. The molecule has 4 nitrogen and oxygen atoms in total. The van der Waals surface area contributed by atoms with Crippen molar-refractivity contribution in [3.05, 3.63) is 35.9 Å². The fourth-order valence-corrected chi connectivity index (χ4v) is 4.65. The number of rotatable bonds is 6. The molecule has 3 N–H and O–H groups in total. The lowest BCUT2D eigenvalue weighted by molar-refractivity contribution is -0.0959. The maximum absolute atomic E-state index is 11.4. The van der Waals surface area contributed by atoms with Gasteiger partial charge in [-0.05, 0) is 56.6 Å². The fraction of sp³-hybridized carbons (Fsp3) is 0.650. The van der Waals surface area contributed by atoms with E-state index < -0.39 is 5.60 Å². The predicted octanol–water partition coefficient (Wildman–Crippen LogP) is 3.45. The Hall–Kier alpha value is -1.39. The molecule has 2 aliphatic rings. The van der Waals surface area contributed by atoms with Crippen molar-refractivity contribution in [2.75, 3.05) is 13.2 Å². The number of hydrogen-bond donors (Lipinski definition) is 2. The summed E-state index contributed by atoms with van der Waals surface area (Å²) in [5.74, 6) is 0.748. The molecule has 0 amide bonds. The van der Waals surface area contributed by atoms with Gasteiger partial charge in [0.25, 0.3) is 0 Å². The lowest BCUT2D eigenvalue weighted by Crippen LogP contribution is -2.49. The number of benzene rings is 1. The summed E-state index contributed by atoms with van der Waals surface area (Å²) in [6, 6.07) is 10.6. The molecule has 0 aromatic heterocycles. The van der Waals surface area contributed by atoms with Crippen molar-refractivity contribution in [2.45, 2.75) is 57.0 Å². The number of hydrogen-bond acceptors (Lipinski definition) is 4. The van der Waals surface area contributed by atoms with Crippen molar-refractivity contribution in [3.8, 4) is 0 Å². The van der Waals surface area contributed by atoms with E-state index >= 15 is 0 Å². The van der Waals surface area contributed by atoms with E-state index in [1.807, 2.05) is 6.21 Å². The minimum Gasteiger partial charge on any atom is -0.396 e. The molecule has 1 aromatic rings. The van der Waals surface area contributed by atoms with E-state index in [2.05, 4.69) is 42.4 Å². The molecule has 1 aromatic carbocycles. The summed E-state index contributed by atoms with van der Waals surface area (Å²) >= 11 is 0. The summed E-state index contributed by atoms with van der Waals surface area (Å²) in [4.78, 5) is 5.29. The van der Waals surface area contributed by atoms with Gasteiger partial charge >= 0.3 is 0 Å². The van der Waals surface area contributed by atoms with Crippen LogP contribution in [0.4, 0.5) is 0 Å². The van der Waals surface area contributed by atoms with Gasteiger partial charge in [0.15, 0.2) is 0 Å². The fourth-order valence-electron chi connectivity index (χ4n) is 4.65. The smallest absolute Gasteiger partial charge is 0.118 e. The predicted molar refractivity (Wildman–Crippen MR) is 96.9 cm³/mol. The molecule has 2 aliphatic carbocycles. The van der Waals surface area contributed by atoms with Crippen molar-refractivity contribution < 1.29 is 9.94 Å². The molecule has 0 bridgehead atoms. The SMILES string of the molecule is CC12CCC(c3ccccc3)CC1(O)CCC2/C=N/OCCCN. The van der Waals surface area contributed by atoms with Crippen molar-refractivity contribution in [1.29, 1.82) is 0 Å². The standard InChI is InChI=1S/C20H30N2O2/c1-19-10-8-17(16-6-3-2-4-7-16)14-20(19,23)11-9-18(19)15-22-24-13-5-12-21/h2-4,6-7,15,17-18,23H,5,8-14,21H2,1H3/b22-15+. The third kappa shape index (κ3) is 3.22. The molecule has 3 rings (SSSR count). The lowest BCUT2D eigenvalue weighted by Gasteiger charge is -2.48. The second-order valence-electron chi connectivity index (χ2n) is 7.67. The summed E-state index contributed by atoms with van der Waals surface area (Å²) in [6.45, 7) is 3.42. The Morgan fingerprint density at radius 2 is 2.08 bits per heavy atom. The van der Waals surface area contributed by atoms with Gasteiger partial charge in [-0.15, -0.1) is 0 Å². The monoisotopic (exact) mass is 330 g/mol. The molecule has 2 saturated carbocycles. The Morgan fingerprint density at radius 1 is 1.29 bits per heavy atom. The first-order chi connectivity index (χ1) is 11.6. The summed E-state index contributed by atoms with van der Waals surface area (Å²) in [6.07, 6.45) is 7.60. The summed E-state index contributed by atoms with van der Waals surface area (Å²) < 4.78 is 0. The summed E-state index contributed by atoms with van der Waals surface area (Å²) in [5, 5.41) is 15.5. The minimum absolute atomic E-state index is 0.0982. The molecule has 0 spiro atoms. The first kappa shape index (κ1) is 17.4. The van der Waals surface area contributed by atoms with Crippen LogP contribution in [-0.2, 0) is 4.84 Å². The van der Waals surface area contributed by atoms with Crippen LogP contribution in [0.15, 0.2) is 35.5 Å². The number of aliphatic hydroxyl groups is 1. The van der Waals surface area contributed by atoms with Crippen LogP contribution in [0.1, 0.15) is 56.9 Å². The quantitative estimate of drug-likeness (QED) is 0.477. The van der Waals surface area contributed by atoms with Gasteiger partial charge in [0.1, 0.15) is 6.61 Å². The van der Waals surface area contributed by atoms with Gasteiger partial charge in [0.2, 0.25) is 0 Å². The molecule has 2 fully saturated rings. The van der Waals surface area contributed by atoms with Crippen LogP contribution in [0, 0.1) is 11.3 Å². The van der Waals surface area contributed by atoms with E-state index in [0.29, 0.717) is 19.1 Å². The second-order valence-corrected chi connectivity index (χ2v) is 7.67.